The second kappa shape index (κ2) is 5.15. The van der Waals surface area contributed by atoms with Crippen molar-refractivity contribution in [3.8, 4) is 5.75 Å². The van der Waals surface area contributed by atoms with Crippen LogP contribution in [0, 0.1) is 0 Å². The van der Waals surface area contributed by atoms with E-state index in [4.69, 9.17) is 5.11 Å². The molecule has 1 N–H and O–H groups in total. The molecule has 0 saturated heterocycles. The monoisotopic (exact) mass is 307 g/mol. The Morgan fingerprint density at radius 1 is 1.24 bits per heavy atom. The van der Waals surface area contributed by atoms with E-state index in [1.165, 1.54) is 12.1 Å². The van der Waals surface area contributed by atoms with Gasteiger partial charge in [-0.25, -0.2) is 9.78 Å². The number of carboxylic acids is 1. The predicted molar refractivity (Wildman–Crippen MR) is 60.3 cm³/mol. The Labute approximate surface area is 113 Å². The van der Waals surface area contributed by atoms with Crippen LogP contribution in [0.25, 0.3) is 10.9 Å². The van der Waals surface area contributed by atoms with E-state index in [-0.39, 0.29) is 10.9 Å². The molecule has 0 saturated carbocycles. The average molecular weight is 307 g/mol. The van der Waals surface area contributed by atoms with Gasteiger partial charge < -0.3 is 9.84 Å². The summed E-state index contributed by atoms with van der Waals surface area (Å²) in [6.07, 6.45) is -5.14. The van der Waals surface area contributed by atoms with Gasteiger partial charge in [0.25, 0.3) is 0 Å². The van der Waals surface area contributed by atoms with E-state index in [9.17, 15) is 26.7 Å². The topological polar surface area (TPSA) is 59.4 Å². The third-order valence-corrected chi connectivity index (χ3v) is 2.54. The Morgan fingerprint density at radius 2 is 1.86 bits per heavy atom. The van der Waals surface area contributed by atoms with E-state index in [1.54, 1.807) is 0 Å². The molecule has 0 amide bonds. The minimum Gasteiger partial charge on any atom is -0.478 e. The van der Waals surface area contributed by atoms with Gasteiger partial charge in [-0.1, -0.05) is 18.2 Å². The van der Waals surface area contributed by atoms with Crippen molar-refractivity contribution >= 4 is 16.9 Å². The van der Waals surface area contributed by atoms with Crippen LogP contribution in [0.3, 0.4) is 0 Å². The number of fused-ring (bicyclic) bond motifs is 1. The number of ether oxygens (including phenoxy) is 1. The number of hydrogen-bond acceptors (Lipinski definition) is 3. The van der Waals surface area contributed by atoms with Crippen LogP contribution in [0.4, 0.5) is 22.0 Å². The number of halogens is 5. The highest BCUT2D eigenvalue weighted by Crippen LogP contribution is 2.40. The summed E-state index contributed by atoms with van der Waals surface area (Å²) in [4.78, 5) is 14.4. The van der Waals surface area contributed by atoms with Crippen LogP contribution in [-0.4, -0.2) is 22.7 Å². The molecule has 4 nitrogen and oxygen atoms in total. The summed E-state index contributed by atoms with van der Waals surface area (Å²) in [6, 6.07) is 4.98. The molecule has 0 aliphatic rings. The number of carboxylic acid groups (broad SMARTS) is 1. The number of aromatic nitrogens is 1. The lowest BCUT2D eigenvalue weighted by Crippen LogP contribution is -2.17. The van der Waals surface area contributed by atoms with Crippen LogP contribution < -0.4 is 4.74 Å². The van der Waals surface area contributed by atoms with E-state index >= 15 is 0 Å². The van der Waals surface area contributed by atoms with Crippen molar-refractivity contribution < 1.29 is 36.6 Å². The van der Waals surface area contributed by atoms with E-state index < -0.39 is 35.8 Å². The first kappa shape index (κ1) is 14.9. The van der Waals surface area contributed by atoms with Crippen molar-refractivity contribution in [2.75, 3.05) is 0 Å². The Bertz CT molecular complexity index is 699. The van der Waals surface area contributed by atoms with Crippen molar-refractivity contribution in [2.45, 2.75) is 12.8 Å². The molecule has 0 bridgehead atoms. The van der Waals surface area contributed by atoms with E-state index in [2.05, 4.69) is 9.72 Å². The number of aromatic carboxylic acids is 1. The van der Waals surface area contributed by atoms with Crippen molar-refractivity contribution in [3.05, 3.63) is 35.5 Å². The van der Waals surface area contributed by atoms with Gasteiger partial charge in [-0.3, -0.25) is 0 Å². The van der Waals surface area contributed by atoms with Crippen molar-refractivity contribution in [1.82, 2.24) is 4.98 Å². The number of pyridine rings is 1. The van der Waals surface area contributed by atoms with Crippen LogP contribution in [0.5, 0.6) is 5.75 Å². The van der Waals surface area contributed by atoms with Gasteiger partial charge in [0.05, 0.1) is 5.52 Å². The highest BCUT2D eigenvalue weighted by Gasteiger charge is 2.40. The third kappa shape index (κ3) is 2.86. The van der Waals surface area contributed by atoms with Crippen LogP contribution in [0.1, 0.15) is 16.1 Å². The zero-order chi connectivity index (χ0) is 15.8. The Hall–Kier alpha value is -2.45. The molecule has 0 aliphatic carbocycles. The lowest BCUT2D eigenvalue weighted by atomic mass is 10.1. The number of para-hydroxylation sites is 1. The number of rotatable bonds is 3. The van der Waals surface area contributed by atoms with Gasteiger partial charge in [-0.2, -0.15) is 22.0 Å². The summed E-state index contributed by atoms with van der Waals surface area (Å²) in [7, 11) is 0. The number of benzene rings is 1. The maximum atomic E-state index is 12.9. The molecule has 9 heteroatoms. The number of carbonyl (C=O) groups is 1. The predicted octanol–water partition coefficient (Wildman–Crippen LogP) is 3.55. The molecule has 2 aromatic rings. The summed E-state index contributed by atoms with van der Waals surface area (Å²) in [5.41, 5.74) is -3.10. The zero-order valence-electron chi connectivity index (χ0n) is 9.99. The van der Waals surface area contributed by atoms with Crippen LogP contribution in [0.15, 0.2) is 24.3 Å². The molecular formula is C12H6F5NO3. The molecule has 0 spiro atoms. The van der Waals surface area contributed by atoms with E-state index in [1.807, 2.05) is 0 Å². The second-order valence-corrected chi connectivity index (χ2v) is 3.86. The molecule has 1 heterocycles. The highest BCUT2D eigenvalue weighted by atomic mass is 19.4. The minimum atomic E-state index is -5.14. The van der Waals surface area contributed by atoms with E-state index in [0.717, 1.165) is 12.1 Å². The molecule has 0 fully saturated rings. The van der Waals surface area contributed by atoms with Gasteiger partial charge in [0.15, 0.2) is 11.4 Å². The fraction of sp³-hybridized carbons (Fsp3) is 0.167. The number of alkyl halides is 5. The molecule has 0 aliphatic heterocycles. The van der Waals surface area contributed by atoms with Crippen molar-refractivity contribution in [1.29, 1.82) is 0 Å². The number of nitrogens with zero attached hydrogens (tertiary/aromatic N) is 1. The second-order valence-electron chi connectivity index (χ2n) is 3.86. The molecular weight excluding hydrogens is 301 g/mol. The Morgan fingerprint density at radius 3 is 2.38 bits per heavy atom. The highest BCUT2D eigenvalue weighted by molar-refractivity contribution is 6.05. The lowest BCUT2D eigenvalue weighted by Gasteiger charge is -2.16. The van der Waals surface area contributed by atoms with Gasteiger partial charge in [0.1, 0.15) is 5.56 Å². The summed E-state index contributed by atoms with van der Waals surface area (Å²) in [6.45, 7) is -3.62. The van der Waals surface area contributed by atoms with Gasteiger partial charge in [0.2, 0.25) is 0 Å². The van der Waals surface area contributed by atoms with E-state index in [0.29, 0.717) is 0 Å². The van der Waals surface area contributed by atoms with Crippen LogP contribution >= 0.6 is 0 Å². The smallest absolute Gasteiger partial charge is 0.437 e. The molecule has 0 unspecified atom stereocenters. The Balaban J connectivity index is 2.91. The molecule has 1 aromatic carbocycles. The van der Waals surface area contributed by atoms with Gasteiger partial charge in [0, 0.05) is 5.39 Å². The van der Waals surface area contributed by atoms with Gasteiger partial charge >= 0.3 is 18.8 Å². The fourth-order valence-electron chi connectivity index (χ4n) is 1.80. The minimum absolute atomic E-state index is 0.228. The first-order valence-corrected chi connectivity index (χ1v) is 5.40. The molecule has 1 aromatic heterocycles. The first-order valence-electron chi connectivity index (χ1n) is 5.40. The summed E-state index contributed by atoms with van der Waals surface area (Å²) < 4.78 is 67.1. The molecule has 0 atom stereocenters. The molecule has 2 rings (SSSR count). The van der Waals surface area contributed by atoms with Gasteiger partial charge in [-0.15, -0.1) is 0 Å². The lowest BCUT2D eigenvalue weighted by molar-refractivity contribution is -0.145. The largest absolute Gasteiger partial charge is 0.478 e. The SMILES string of the molecule is O=C(O)c1c(OC(F)F)c(C(F)(F)F)nc2ccccc12. The quantitative estimate of drug-likeness (QED) is 0.881. The summed E-state index contributed by atoms with van der Waals surface area (Å²) >= 11 is 0. The van der Waals surface area contributed by atoms with Crippen LogP contribution in [-0.2, 0) is 6.18 Å². The number of hydrogen-bond donors (Lipinski definition) is 1. The zero-order valence-corrected chi connectivity index (χ0v) is 9.99. The summed E-state index contributed by atoms with van der Waals surface area (Å²) in [5.74, 6) is -3.32. The third-order valence-electron chi connectivity index (χ3n) is 2.54. The average Bonchev–Trinajstić information content (AvgIpc) is 2.35. The standard InChI is InChI=1S/C12H6F5NO3/c13-11(14)21-8-7(10(19)20)5-3-1-2-4-6(5)18-9(8)12(15,16)17/h1-4,11H,(H,19,20). The van der Waals surface area contributed by atoms with Gasteiger partial charge in [-0.05, 0) is 6.07 Å². The maximum Gasteiger partial charge on any atom is 0.437 e. The van der Waals surface area contributed by atoms with Crippen molar-refractivity contribution in [3.63, 3.8) is 0 Å². The maximum absolute atomic E-state index is 12.9. The van der Waals surface area contributed by atoms with Crippen LogP contribution in [0.2, 0.25) is 0 Å². The molecule has 21 heavy (non-hydrogen) atoms. The first-order chi connectivity index (χ1) is 9.71. The molecule has 112 valence electrons. The Kier molecular flexibility index (Phi) is 3.67. The van der Waals surface area contributed by atoms with Crippen molar-refractivity contribution in [2.24, 2.45) is 0 Å². The fourth-order valence-corrected chi connectivity index (χ4v) is 1.80. The molecule has 0 radical (unpaired) electrons. The normalized spacial score (nSPS) is 11.9. The summed E-state index contributed by atoms with van der Waals surface area (Å²) in [5, 5.41) is 8.82.